The van der Waals surface area contributed by atoms with E-state index >= 15 is 0 Å². The van der Waals surface area contributed by atoms with Crippen LogP contribution in [-0.4, -0.2) is 54.2 Å². The molecule has 2 aromatic heterocycles. The van der Waals surface area contributed by atoms with Gasteiger partial charge < -0.3 is 9.32 Å². The lowest BCUT2D eigenvalue weighted by Crippen LogP contribution is -2.49. The van der Waals surface area contributed by atoms with Gasteiger partial charge in [-0.1, -0.05) is 6.07 Å². The van der Waals surface area contributed by atoms with Crippen LogP contribution in [0.5, 0.6) is 0 Å². The van der Waals surface area contributed by atoms with Crippen LogP contribution < -0.4 is 0 Å². The zero-order valence-electron chi connectivity index (χ0n) is 13.4. The fraction of sp³-hybridized carbons (Fsp3) is 0.412. The molecule has 0 unspecified atom stereocenters. The number of aryl methyl sites for hydroxylation is 2. The zero-order chi connectivity index (χ0) is 16.4. The molecule has 1 fully saturated rings. The van der Waals surface area contributed by atoms with E-state index in [1.165, 1.54) is 11.3 Å². The van der Waals surface area contributed by atoms with E-state index in [4.69, 9.17) is 4.42 Å². The van der Waals surface area contributed by atoms with Crippen molar-refractivity contribution in [1.82, 2.24) is 9.80 Å². The van der Waals surface area contributed by atoms with Crippen LogP contribution in [-0.2, 0) is 0 Å². The first kappa shape index (κ1) is 16.0. The Kier molecular flexibility index (Phi) is 4.63. The number of furan rings is 1. The summed E-state index contributed by atoms with van der Waals surface area (Å²) in [5.74, 6) is 1.60. The lowest BCUT2D eigenvalue weighted by Gasteiger charge is -2.34. The minimum absolute atomic E-state index is 0.0172. The average Bonchev–Trinajstić information content (AvgIpc) is 3.17. The van der Waals surface area contributed by atoms with Crippen LogP contribution in [0.4, 0.5) is 0 Å². The largest absolute Gasteiger partial charge is 0.466 e. The highest BCUT2D eigenvalue weighted by atomic mass is 32.1. The van der Waals surface area contributed by atoms with Gasteiger partial charge in [-0.05, 0) is 31.4 Å². The van der Waals surface area contributed by atoms with Crippen LogP contribution in [0.1, 0.15) is 31.6 Å². The molecule has 2 aromatic rings. The predicted octanol–water partition coefficient (Wildman–Crippen LogP) is 2.60. The van der Waals surface area contributed by atoms with Crippen LogP contribution in [0.25, 0.3) is 0 Å². The highest BCUT2D eigenvalue weighted by Gasteiger charge is 2.25. The van der Waals surface area contributed by atoms with Gasteiger partial charge in [-0.3, -0.25) is 14.5 Å². The maximum Gasteiger partial charge on any atom is 0.257 e. The number of rotatable bonds is 4. The molecule has 122 valence electrons. The third-order valence-corrected chi connectivity index (χ3v) is 5.01. The number of piperazine rings is 1. The molecule has 0 aromatic carbocycles. The molecule has 0 spiro atoms. The second-order valence-electron chi connectivity index (χ2n) is 5.80. The second kappa shape index (κ2) is 6.68. The third kappa shape index (κ3) is 3.54. The topological polar surface area (TPSA) is 53.8 Å². The van der Waals surface area contributed by atoms with Gasteiger partial charge in [-0.15, -0.1) is 11.3 Å². The lowest BCUT2D eigenvalue weighted by molar-refractivity contribution is 0.0623. The quantitative estimate of drug-likeness (QED) is 0.808. The van der Waals surface area contributed by atoms with Gasteiger partial charge in [-0.2, -0.15) is 0 Å². The summed E-state index contributed by atoms with van der Waals surface area (Å²) >= 11 is 1.48. The summed E-state index contributed by atoms with van der Waals surface area (Å²) in [6.45, 7) is 6.80. The number of ketones is 1. The van der Waals surface area contributed by atoms with E-state index in [-0.39, 0.29) is 11.7 Å². The van der Waals surface area contributed by atoms with Gasteiger partial charge in [0.1, 0.15) is 11.5 Å². The van der Waals surface area contributed by atoms with E-state index in [1.807, 2.05) is 36.3 Å². The Morgan fingerprint density at radius 2 is 1.96 bits per heavy atom. The molecule has 0 aliphatic carbocycles. The van der Waals surface area contributed by atoms with Crippen molar-refractivity contribution < 1.29 is 14.0 Å². The maximum atomic E-state index is 12.5. The number of amides is 1. The third-order valence-electron chi connectivity index (χ3n) is 4.09. The first-order valence-electron chi connectivity index (χ1n) is 7.70. The fourth-order valence-corrected chi connectivity index (χ4v) is 3.50. The van der Waals surface area contributed by atoms with Gasteiger partial charge in [0.05, 0.1) is 17.0 Å². The van der Waals surface area contributed by atoms with E-state index in [0.29, 0.717) is 31.0 Å². The van der Waals surface area contributed by atoms with Crippen molar-refractivity contribution in [2.24, 2.45) is 0 Å². The molecule has 0 N–H and O–H groups in total. The normalized spacial score (nSPS) is 15.8. The summed E-state index contributed by atoms with van der Waals surface area (Å²) in [6.07, 6.45) is 0. The molecular formula is C17H20N2O3S. The maximum absolute atomic E-state index is 12.5. The number of Topliss-reactive ketones (excluding diaryl/α,β-unsaturated/α-hetero) is 1. The number of carbonyl (C=O) groups is 2. The Bertz CT molecular complexity index is 698. The van der Waals surface area contributed by atoms with Crippen LogP contribution in [0.3, 0.4) is 0 Å². The number of hydrogen-bond acceptors (Lipinski definition) is 5. The lowest BCUT2D eigenvalue weighted by atomic mass is 10.2. The van der Waals surface area contributed by atoms with E-state index in [9.17, 15) is 9.59 Å². The SMILES string of the molecule is Cc1cc(C(=O)N2CCN(CC(=O)c3cccs3)CC2)c(C)o1. The van der Waals surface area contributed by atoms with Gasteiger partial charge in [0.25, 0.3) is 5.91 Å². The molecule has 1 amide bonds. The van der Waals surface area contributed by atoms with Gasteiger partial charge in [0.15, 0.2) is 5.78 Å². The van der Waals surface area contributed by atoms with Gasteiger partial charge in [-0.25, -0.2) is 0 Å². The van der Waals surface area contributed by atoms with Crippen molar-refractivity contribution in [1.29, 1.82) is 0 Å². The smallest absolute Gasteiger partial charge is 0.257 e. The summed E-state index contributed by atoms with van der Waals surface area (Å²) in [4.78, 5) is 29.4. The Balaban J connectivity index is 1.55. The number of nitrogens with zero attached hydrogens (tertiary/aromatic N) is 2. The number of hydrogen-bond donors (Lipinski definition) is 0. The van der Waals surface area contributed by atoms with E-state index in [1.54, 1.807) is 6.07 Å². The van der Waals surface area contributed by atoms with Gasteiger partial charge >= 0.3 is 0 Å². The highest BCUT2D eigenvalue weighted by Crippen LogP contribution is 2.17. The Morgan fingerprint density at radius 1 is 1.22 bits per heavy atom. The molecule has 0 saturated carbocycles. The minimum Gasteiger partial charge on any atom is -0.466 e. The molecule has 3 rings (SSSR count). The van der Waals surface area contributed by atoms with Crippen LogP contribution in [0, 0.1) is 13.8 Å². The first-order valence-corrected chi connectivity index (χ1v) is 8.58. The Labute approximate surface area is 139 Å². The molecule has 1 saturated heterocycles. The molecule has 1 aliphatic heterocycles. The molecule has 5 nitrogen and oxygen atoms in total. The summed E-state index contributed by atoms with van der Waals surface area (Å²) < 4.78 is 5.44. The summed E-state index contributed by atoms with van der Waals surface area (Å²) in [6, 6.07) is 5.55. The molecule has 0 radical (unpaired) electrons. The Morgan fingerprint density at radius 3 is 2.52 bits per heavy atom. The van der Waals surface area contributed by atoms with E-state index in [0.717, 1.165) is 23.7 Å². The average molecular weight is 332 g/mol. The van der Waals surface area contributed by atoms with Gasteiger partial charge in [0.2, 0.25) is 0 Å². The molecule has 23 heavy (non-hydrogen) atoms. The van der Waals surface area contributed by atoms with Crippen molar-refractivity contribution >= 4 is 23.0 Å². The van der Waals surface area contributed by atoms with Gasteiger partial charge in [0, 0.05) is 26.2 Å². The summed E-state index contributed by atoms with van der Waals surface area (Å²) in [7, 11) is 0. The number of thiophene rings is 1. The molecule has 0 atom stereocenters. The molecular weight excluding hydrogens is 312 g/mol. The van der Waals surface area contributed by atoms with Crippen molar-refractivity contribution in [3.63, 3.8) is 0 Å². The van der Waals surface area contributed by atoms with Crippen molar-refractivity contribution in [3.05, 3.63) is 45.5 Å². The van der Waals surface area contributed by atoms with Crippen molar-refractivity contribution in [2.45, 2.75) is 13.8 Å². The van der Waals surface area contributed by atoms with Crippen molar-refractivity contribution in [3.8, 4) is 0 Å². The monoisotopic (exact) mass is 332 g/mol. The zero-order valence-corrected chi connectivity index (χ0v) is 14.2. The van der Waals surface area contributed by atoms with Crippen LogP contribution >= 0.6 is 11.3 Å². The predicted molar refractivity (Wildman–Crippen MR) is 89.2 cm³/mol. The summed E-state index contributed by atoms with van der Waals surface area (Å²) in [5.41, 5.74) is 0.644. The van der Waals surface area contributed by atoms with Crippen molar-refractivity contribution in [2.75, 3.05) is 32.7 Å². The molecule has 3 heterocycles. The summed E-state index contributed by atoms with van der Waals surface area (Å²) in [5, 5.41) is 1.92. The van der Waals surface area contributed by atoms with Crippen LogP contribution in [0.15, 0.2) is 28.0 Å². The minimum atomic E-state index is 0.0172. The number of carbonyl (C=O) groups excluding carboxylic acids is 2. The standard InChI is InChI=1S/C17H20N2O3S/c1-12-10-14(13(2)22-12)17(21)19-7-5-18(6-8-19)11-15(20)16-4-3-9-23-16/h3-4,9-10H,5-8,11H2,1-2H3. The fourth-order valence-electron chi connectivity index (χ4n) is 2.84. The highest BCUT2D eigenvalue weighted by molar-refractivity contribution is 7.12. The van der Waals surface area contributed by atoms with E-state index < -0.39 is 0 Å². The van der Waals surface area contributed by atoms with E-state index in [2.05, 4.69) is 4.90 Å². The van der Waals surface area contributed by atoms with Crippen LogP contribution in [0.2, 0.25) is 0 Å². The second-order valence-corrected chi connectivity index (χ2v) is 6.74. The first-order chi connectivity index (χ1) is 11.0. The molecule has 1 aliphatic rings. The molecule has 6 heteroatoms. The Hall–Kier alpha value is -1.92. The molecule has 0 bridgehead atoms.